The maximum Gasteiger partial charge on any atom is 0.152 e. The van der Waals surface area contributed by atoms with Crippen LogP contribution in [0.2, 0.25) is 0 Å². The van der Waals surface area contributed by atoms with Crippen molar-refractivity contribution in [2.24, 2.45) is 7.05 Å². The van der Waals surface area contributed by atoms with E-state index in [1.165, 1.54) is 0 Å². The van der Waals surface area contributed by atoms with E-state index in [4.69, 9.17) is 0 Å². The highest BCUT2D eigenvalue weighted by molar-refractivity contribution is 5.67. The summed E-state index contributed by atoms with van der Waals surface area (Å²) in [6.45, 7) is 4.83. The molecule has 0 aromatic carbocycles. The van der Waals surface area contributed by atoms with Crippen molar-refractivity contribution in [3.63, 3.8) is 0 Å². The minimum atomic E-state index is 0.390. The normalized spacial score (nSPS) is 11.4. The molecule has 0 aliphatic heterocycles. The molecule has 0 fully saturated rings. The number of nitrogens with zero attached hydrogens (tertiary/aromatic N) is 6. The van der Waals surface area contributed by atoms with Crippen molar-refractivity contribution in [3.8, 4) is 0 Å². The van der Waals surface area contributed by atoms with E-state index in [9.17, 15) is 0 Å². The third kappa shape index (κ3) is 2.22. The monoisotopic (exact) mass is 271 g/mol. The Morgan fingerprint density at radius 2 is 2.20 bits per heavy atom. The summed E-state index contributed by atoms with van der Waals surface area (Å²) in [4.78, 5) is 4.38. The van der Waals surface area contributed by atoms with Crippen LogP contribution in [0.25, 0.3) is 5.52 Å². The number of aromatic nitrogens is 6. The van der Waals surface area contributed by atoms with Gasteiger partial charge < -0.3 is 9.88 Å². The lowest BCUT2D eigenvalue weighted by Gasteiger charge is -2.05. The lowest BCUT2D eigenvalue weighted by molar-refractivity contribution is 0.785. The fourth-order valence-corrected chi connectivity index (χ4v) is 1.99. The van der Waals surface area contributed by atoms with Crippen LogP contribution in [0.15, 0.2) is 24.8 Å². The number of anilines is 1. The lowest BCUT2D eigenvalue weighted by Crippen LogP contribution is -2.07. The summed E-state index contributed by atoms with van der Waals surface area (Å²) in [5.74, 6) is 2.05. The Morgan fingerprint density at radius 3 is 2.90 bits per heavy atom. The predicted octanol–water partition coefficient (Wildman–Crippen LogP) is 1.59. The first kappa shape index (κ1) is 12.6. The minimum Gasteiger partial charge on any atom is -0.361 e. The quantitative estimate of drug-likeness (QED) is 0.780. The van der Waals surface area contributed by atoms with Gasteiger partial charge in [-0.15, -0.1) is 10.2 Å². The SMILES string of the molecule is CC(C)c1cc2c(NCc3nncn3C)nccn2n1. The molecule has 20 heavy (non-hydrogen) atoms. The standard InChI is InChI=1S/C13H17N7/c1-9(2)10-6-11-13(14-4-5-20(11)18-10)15-7-12-17-16-8-19(12)3/h4-6,8-9H,7H2,1-3H3,(H,14,15). The van der Waals surface area contributed by atoms with Gasteiger partial charge in [0.1, 0.15) is 11.8 Å². The van der Waals surface area contributed by atoms with E-state index in [0.717, 1.165) is 22.9 Å². The molecule has 0 saturated heterocycles. The van der Waals surface area contributed by atoms with E-state index in [0.29, 0.717) is 12.5 Å². The number of rotatable bonds is 4. The van der Waals surface area contributed by atoms with Crippen LogP contribution in [0.5, 0.6) is 0 Å². The maximum absolute atomic E-state index is 4.54. The third-order valence-corrected chi connectivity index (χ3v) is 3.22. The average molecular weight is 271 g/mol. The molecule has 7 nitrogen and oxygen atoms in total. The van der Waals surface area contributed by atoms with Crippen LogP contribution < -0.4 is 5.32 Å². The molecule has 0 radical (unpaired) electrons. The van der Waals surface area contributed by atoms with E-state index in [1.54, 1.807) is 12.5 Å². The van der Waals surface area contributed by atoms with Crippen LogP contribution in [-0.2, 0) is 13.6 Å². The van der Waals surface area contributed by atoms with E-state index in [1.807, 2.05) is 22.3 Å². The zero-order valence-corrected chi connectivity index (χ0v) is 11.8. The smallest absolute Gasteiger partial charge is 0.152 e. The van der Waals surface area contributed by atoms with Gasteiger partial charge in [-0.25, -0.2) is 9.50 Å². The van der Waals surface area contributed by atoms with Crippen molar-refractivity contribution in [1.82, 2.24) is 29.4 Å². The molecule has 3 rings (SSSR count). The van der Waals surface area contributed by atoms with E-state index < -0.39 is 0 Å². The van der Waals surface area contributed by atoms with Crippen molar-refractivity contribution in [1.29, 1.82) is 0 Å². The van der Waals surface area contributed by atoms with Gasteiger partial charge in [0, 0.05) is 19.4 Å². The van der Waals surface area contributed by atoms with Gasteiger partial charge in [0.25, 0.3) is 0 Å². The Bertz CT molecular complexity index is 725. The molecule has 0 saturated carbocycles. The van der Waals surface area contributed by atoms with E-state index in [2.05, 4.69) is 45.5 Å². The molecule has 0 bridgehead atoms. The van der Waals surface area contributed by atoms with E-state index in [-0.39, 0.29) is 0 Å². The number of fused-ring (bicyclic) bond motifs is 1. The zero-order valence-electron chi connectivity index (χ0n) is 11.8. The van der Waals surface area contributed by atoms with E-state index >= 15 is 0 Å². The van der Waals surface area contributed by atoms with Crippen molar-refractivity contribution in [3.05, 3.63) is 36.3 Å². The van der Waals surface area contributed by atoms with Gasteiger partial charge in [0.05, 0.1) is 12.2 Å². The summed E-state index contributed by atoms with van der Waals surface area (Å²) in [6, 6.07) is 2.07. The second kappa shape index (κ2) is 4.92. The fraction of sp³-hybridized carbons (Fsp3) is 0.385. The molecule has 0 aliphatic rings. The summed E-state index contributed by atoms with van der Waals surface area (Å²) >= 11 is 0. The molecule has 1 N–H and O–H groups in total. The average Bonchev–Trinajstić information content (AvgIpc) is 3.02. The molecule has 0 atom stereocenters. The van der Waals surface area contributed by atoms with Gasteiger partial charge in [0.2, 0.25) is 0 Å². The fourth-order valence-electron chi connectivity index (χ4n) is 1.99. The van der Waals surface area contributed by atoms with Crippen LogP contribution in [0.1, 0.15) is 31.3 Å². The highest BCUT2D eigenvalue weighted by atomic mass is 15.3. The Kier molecular flexibility index (Phi) is 3.09. The summed E-state index contributed by atoms with van der Waals surface area (Å²) in [5, 5.41) is 15.7. The Morgan fingerprint density at radius 1 is 1.35 bits per heavy atom. The summed E-state index contributed by atoms with van der Waals surface area (Å²) in [6.07, 6.45) is 5.28. The van der Waals surface area contributed by atoms with Gasteiger partial charge >= 0.3 is 0 Å². The number of hydrogen-bond acceptors (Lipinski definition) is 5. The van der Waals surface area contributed by atoms with Gasteiger partial charge in [0.15, 0.2) is 11.6 Å². The Labute approximate surface area is 116 Å². The first-order valence-corrected chi connectivity index (χ1v) is 6.56. The minimum absolute atomic E-state index is 0.390. The van der Waals surface area contributed by atoms with Crippen molar-refractivity contribution < 1.29 is 0 Å². The van der Waals surface area contributed by atoms with Crippen LogP contribution >= 0.6 is 0 Å². The highest BCUT2D eigenvalue weighted by Gasteiger charge is 2.10. The first-order valence-electron chi connectivity index (χ1n) is 6.56. The summed E-state index contributed by atoms with van der Waals surface area (Å²) in [7, 11) is 1.92. The molecule has 7 heteroatoms. The summed E-state index contributed by atoms with van der Waals surface area (Å²) < 4.78 is 3.73. The van der Waals surface area contributed by atoms with Crippen LogP contribution in [0.3, 0.4) is 0 Å². The number of nitrogens with one attached hydrogen (secondary N) is 1. The topological polar surface area (TPSA) is 72.9 Å². The Balaban J connectivity index is 1.89. The predicted molar refractivity (Wildman–Crippen MR) is 75.4 cm³/mol. The Hall–Kier alpha value is -2.44. The molecule has 0 spiro atoms. The molecule has 3 aromatic rings. The van der Waals surface area contributed by atoms with Crippen molar-refractivity contribution in [2.45, 2.75) is 26.3 Å². The van der Waals surface area contributed by atoms with Crippen molar-refractivity contribution in [2.75, 3.05) is 5.32 Å². The molecule has 0 unspecified atom stereocenters. The van der Waals surface area contributed by atoms with Gasteiger partial charge in [-0.3, -0.25) is 0 Å². The van der Waals surface area contributed by atoms with Gasteiger partial charge in [-0.05, 0) is 12.0 Å². The zero-order chi connectivity index (χ0) is 14.1. The molecule has 0 amide bonds. The molecule has 104 valence electrons. The third-order valence-electron chi connectivity index (χ3n) is 3.22. The second-order valence-corrected chi connectivity index (χ2v) is 5.04. The highest BCUT2D eigenvalue weighted by Crippen LogP contribution is 2.20. The van der Waals surface area contributed by atoms with Crippen LogP contribution in [0.4, 0.5) is 5.82 Å². The largest absolute Gasteiger partial charge is 0.361 e. The summed E-state index contributed by atoms with van der Waals surface area (Å²) in [5.41, 5.74) is 2.03. The van der Waals surface area contributed by atoms with Gasteiger partial charge in [-0.2, -0.15) is 5.10 Å². The maximum atomic E-state index is 4.54. The number of aryl methyl sites for hydroxylation is 1. The van der Waals surface area contributed by atoms with Crippen molar-refractivity contribution >= 4 is 11.3 Å². The molecule has 3 aromatic heterocycles. The lowest BCUT2D eigenvalue weighted by atomic mass is 10.1. The second-order valence-electron chi connectivity index (χ2n) is 5.04. The van der Waals surface area contributed by atoms with Crippen LogP contribution in [0, 0.1) is 0 Å². The number of hydrogen-bond donors (Lipinski definition) is 1. The van der Waals surface area contributed by atoms with Crippen LogP contribution in [-0.4, -0.2) is 29.4 Å². The van der Waals surface area contributed by atoms with Gasteiger partial charge in [-0.1, -0.05) is 13.8 Å². The molecule has 0 aliphatic carbocycles. The molecular weight excluding hydrogens is 254 g/mol. The molecule has 3 heterocycles. The molecular formula is C13H17N7. The first-order chi connectivity index (χ1) is 9.65.